The number of amides is 1. The van der Waals surface area contributed by atoms with Gasteiger partial charge in [0, 0.05) is 22.7 Å². The third-order valence-corrected chi connectivity index (χ3v) is 3.59. The fraction of sp³-hybridized carbons (Fsp3) is 0.235. The van der Waals surface area contributed by atoms with E-state index in [2.05, 4.69) is 5.32 Å². The van der Waals surface area contributed by atoms with E-state index in [-0.39, 0.29) is 5.91 Å². The number of nitrogens with one attached hydrogen (secondary N) is 1. The lowest BCUT2D eigenvalue weighted by Crippen LogP contribution is -2.08. The summed E-state index contributed by atoms with van der Waals surface area (Å²) in [5.41, 5.74) is 0.674. The second kappa shape index (κ2) is 8.24. The molecule has 1 aromatic heterocycles. The molecule has 0 aliphatic rings. The van der Waals surface area contributed by atoms with Crippen LogP contribution in [0.3, 0.4) is 0 Å². The molecular formula is C17H19NO3S. The van der Waals surface area contributed by atoms with Crippen molar-refractivity contribution < 1.29 is 14.3 Å². The lowest BCUT2D eigenvalue weighted by atomic mass is 10.2. The molecule has 1 aromatic carbocycles. The Morgan fingerprint density at radius 3 is 2.64 bits per heavy atom. The molecule has 0 aliphatic heterocycles. The molecule has 0 spiro atoms. The van der Waals surface area contributed by atoms with Gasteiger partial charge in [-0.2, -0.15) is 0 Å². The van der Waals surface area contributed by atoms with E-state index in [1.54, 1.807) is 35.6 Å². The molecule has 0 aliphatic carbocycles. The van der Waals surface area contributed by atoms with Gasteiger partial charge in [-0.15, -0.1) is 11.3 Å². The van der Waals surface area contributed by atoms with E-state index < -0.39 is 0 Å². The van der Waals surface area contributed by atoms with Crippen LogP contribution in [0.15, 0.2) is 41.8 Å². The molecule has 0 atom stereocenters. The number of rotatable bonds is 7. The maximum atomic E-state index is 11.9. The summed E-state index contributed by atoms with van der Waals surface area (Å²) in [6, 6.07) is 9.27. The first kappa shape index (κ1) is 16.1. The van der Waals surface area contributed by atoms with Crippen LogP contribution in [0.2, 0.25) is 0 Å². The fourth-order valence-corrected chi connectivity index (χ4v) is 2.47. The molecule has 0 unspecified atom stereocenters. The molecule has 2 rings (SSSR count). The van der Waals surface area contributed by atoms with Crippen molar-refractivity contribution in [3.8, 4) is 11.5 Å². The van der Waals surface area contributed by atoms with E-state index in [0.29, 0.717) is 30.4 Å². The highest BCUT2D eigenvalue weighted by Crippen LogP contribution is 2.30. The number of hydrogen-bond donors (Lipinski definition) is 1. The molecule has 0 radical (unpaired) electrons. The number of thiophene rings is 1. The van der Waals surface area contributed by atoms with E-state index >= 15 is 0 Å². The van der Waals surface area contributed by atoms with Crippen LogP contribution in [-0.4, -0.2) is 19.1 Å². The molecule has 4 nitrogen and oxygen atoms in total. The zero-order valence-corrected chi connectivity index (χ0v) is 13.5. The van der Waals surface area contributed by atoms with Crippen molar-refractivity contribution in [2.45, 2.75) is 13.8 Å². The van der Waals surface area contributed by atoms with E-state index in [1.807, 2.05) is 31.4 Å². The average molecular weight is 317 g/mol. The van der Waals surface area contributed by atoms with Crippen LogP contribution in [0.25, 0.3) is 6.08 Å². The van der Waals surface area contributed by atoms with E-state index in [9.17, 15) is 4.79 Å². The maximum absolute atomic E-state index is 11.9. The highest BCUT2D eigenvalue weighted by Gasteiger charge is 2.07. The fourth-order valence-electron chi connectivity index (χ4n) is 1.86. The summed E-state index contributed by atoms with van der Waals surface area (Å²) in [4.78, 5) is 13.0. The smallest absolute Gasteiger partial charge is 0.248 e. The van der Waals surface area contributed by atoms with Gasteiger partial charge in [0.15, 0.2) is 11.5 Å². The second-order valence-electron chi connectivity index (χ2n) is 4.37. The Kier molecular flexibility index (Phi) is 6.03. The van der Waals surface area contributed by atoms with Gasteiger partial charge < -0.3 is 14.8 Å². The number of hydrogen-bond acceptors (Lipinski definition) is 4. The van der Waals surface area contributed by atoms with Crippen LogP contribution in [0, 0.1) is 0 Å². The number of ether oxygens (including phenoxy) is 2. The largest absolute Gasteiger partial charge is 0.490 e. The lowest BCUT2D eigenvalue weighted by molar-refractivity contribution is -0.111. The summed E-state index contributed by atoms with van der Waals surface area (Å²) < 4.78 is 11.0. The maximum Gasteiger partial charge on any atom is 0.248 e. The summed E-state index contributed by atoms with van der Waals surface area (Å²) in [7, 11) is 0. The summed E-state index contributed by atoms with van der Waals surface area (Å²) in [5, 5.41) is 4.79. The van der Waals surface area contributed by atoms with E-state index in [4.69, 9.17) is 9.47 Å². The minimum Gasteiger partial charge on any atom is -0.490 e. The van der Waals surface area contributed by atoms with E-state index in [0.717, 1.165) is 4.88 Å². The Morgan fingerprint density at radius 1 is 1.18 bits per heavy atom. The molecule has 2 aromatic rings. The third-order valence-electron chi connectivity index (χ3n) is 2.75. The van der Waals surface area contributed by atoms with Gasteiger partial charge in [0.1, 0.15) is 0 Å². The van der Waals surface area contributed by atoms with Gasteiger partial charge in [0.2, 0.25) is 5.91 Å². The number of carbonyl (C=O) groups is 1. The number of carbonyl (C=O) groups excluding carboxylic acids is 1. The Labute approximate surface area is 134 Å². The quantitative estimate of drug-likeness (QED) is 0.779. The molecule has 0 saturated heterocycles. The highest BCUT2D eigenvalue weighted by atomic mass is 32.1. The van der Waals surface area contributed by atoms with Crippen LogP contribution in [-0.2, 0) is 4.79 Å². The van der Waals surface area contributed by atoms with Crippen LogP contribution in [0.4, 0.5) is 5.69 Å². The van der Waals surface area contributed by atoms with Gasteiger partial charge in [-0.3, -0.25) is 4.79 Å². The number of anilines is 1. The van der Waals surface area contributed by atoms with Crippen LogP contribution in [0.1, 0.15) is 18.7 Å². The van der Waals surface area contributed by atoms with Gasteiger partial charge in [-0.1, -0.05) is 6.07 Å². The van der Waals surface area contributed by atoms with E-state index in [1.165, 1.54) is 6.08 Å². The molecule has 116 valence electrons. The summed E-state index contributed by atoms with van der Waals surface area (Å²) in [6.45, 7) is 4.93. The van der Waals surface area contributed by atoms with Crippen LogP contribution < -0.4 is 14.8 Å². The normalized spacial score (nSPS) is 10.6. The predicted octanol–water partition coefficient (Wildman–Crippen LogP) is 4.20. The monoisotopic (exact) mass is 317 g/mol. The SMILES string of the molecule is CCOc1ccc(NC(=O)/C=C/c2cccs2)cc1OCC. The topological polar surface area (TPSA) is 47.6 Å². The van der Waals surface area contributed by atoms with Crippen molar-refractivity contribution >= 4 is 29.0 Å². The molecule has 0 saturated carbocycles. The lowest BCUT2D eigenvalue weighted by Gasteiger charge is -2.12. The zero-order valence-electron chi connectivity index (χ0n) is 12.7. The first-order valence-electron chi connectivity index (χ1n) is 7.15. The summed E-state index contributed by atoms with van der Waals surface area (Å²) >= 11 is 1.58. The van der Waals surface area contributed by atoms with Crippen LogP contribution in [0.5, 0.6) is 11.5 Å². The third kappa shape index (κ3) is 4.63. The molecular weight excluding hydrogens is 298 g/mol. The Bertz CT molecular complexity index is 635. The van der Waals surface area contributed by atoms with Gasteiger partial charge in [-0.25, -0.2) is 0 Å². The first-order chi connectivity index (χ1) is 10.7. The molecule has 1 N–H and O–H groups in total. The van der Waals surface area contributed by atoms with Crippen molar-refractivity contribution in [1.29, 1.82) is 0 Å². The van der Waals surface area contributed by atoms with Gasteiger partial charge >= 0.3 is 0 Å². The molecule has 1 amide bonds. The second-order valence-corrected chi connectivity index (χ2v) is 5.34. The van der Waals surface area contributed by atoms with Crippen molar-refractivity contribution in [2.24, 2.45) is 0 Å². The summed E-state index contributed by atoms with van der Waals surface area (Å²) in [5.74, 6) is 1.13. The Morgan fingerprint density at radius 2 is 1.95 bits per heavy atom. The average Bonchev–Trinajstić information content (AvgIpc) is 3.02. The molecule has 5 heteroatoms. The van der Waals surface area contributed by atoms with Crippen molar-refractivity contribution in [3.63, 3.8) is 0 Å². The van der Waals surface area contributed by atoms with Crippen molar-refractivity contribution in [3.05, 3.63) is 46.7 Å². The van der Waals surface area contributed by atoms with Crippen molar-refractivity contribution in [2.75, 3.05) is 18.5 Å². The standard InChI is InChI=1S/C17H19NO3S/c1-3-20-15-9-7-13(12-16(15)21-4-2)18-17(19)10-8-14-6-5-11-22-14/h5-12H,3-4H2,1-2H3,(H,18,19)/b10-8+. The minimum atomic E-state index is -0.181. The predicted molar refractivity (Wildman–Crippen MR) is 90.8 cm³/mol. The molecule has 0 bridgehead atoms. The minimum absolute atomic E-state index is 0.181. The highest BCUT2D eigenvalue weighted by molar-refractivity contribution is 7.10. The van der Waals surface area contributed by atoms with Crippen molar-refractivity contribution in [1.82, 2.24) is 0 Å². The molecule has 1 heterocycles. The van der Waals surface area contributed by atoms with Gasteiger partial charge in [-0.05, 0) is 43.5 Å². The Balaban J connectivity index is 2.05. The molecule has 22 heavy (non-hydrogen) atoms. The number of benzene rings is 1. The van der Waals surface area contributed by atoms with Crippen LogP contribution >= 0.6 is 11.3 Å². The first-order valence-corrected chi connectivity index (χ1v) is 8.03. The Hall–Kier alpha value is -2.27. The van der Waals surface area contributed by atoms with Gasteiger partial charge in [0.05, 0.1) is 13.2 Å². The summed E-state index contributed by atoms with van der Waals surface area (Å²) in [6.07, 6.45) is 3.31. The van der Waals surface area contributed by atoms with Gasteiger partial charge in [0.25, 0.3) is 0 Å². The zero-order chi connectivity index (χ0) is 15.8. The molecule has 0 fully saturated rings.